The van der Waals surface area contributed by atoms with Crippen LogP contribution in [0, 0.1) is 11.8 Å². The fourth-order valence-electron chi connectivity index (χ4n) is 3.70. The van der Waals surface area contributed by atoms with Gasteiger partial charge in [-0.15, -0.1) is 0 Å². The van der Waals surface area contributed by atoms with Gasteiger partial charge in [-0.25, -0.2) is 0 Å². The molecule has 1 aliphatic heterocycles. The van der Waals surface area contributed by atoms with E-state index in [-0.39, 0.29) is 29.7 Å². The summed E-state index contributed by atoms with van der Waals surface area (Å²) in [5.41, 5.74) is 8.37. The van der Waals surface area contributed by atoms with Crippen LogP contribution >= 0.6 is 0 Å². The first-order chi connectivity index (χ1) is 13.6. The van der Waals surface area contributed by atoms with Crippen molar-refractivity contribution in [2.45, 2.75) is 32.4 Å². The lowest BCUT2D eigenvalue weighted by Gasteiger charge is -2.34. The smallest absolute Gasteiger partial charge is 0.227 e. The molecule has 1 saturated heterocycles. The third-order valence-electron chi connectivity index (χ3n) is 5.60. The molecule has 2 atom stereocenters. The first-order valence-electron chi connectivity index (χ1n) is 9.97. The Bertz CT molecular complexity index is 771. The maximum Gasteiger partial charge on any atom is 0.227 e. The van der Waals surface area contributed by atoms with E-state index in [0.717, 1.165) is 11.1 Å². The van der Waals surface area contributed by atoms with Crippen LogP contribution in [0.5, 0.6) is 0 Å². The third kappa shape index (κ3) is 4.98. The summed E-state index contributed by atoms with van der Waals surface area (Å²) in [5.74, 6) is -0.179. The van der Waals surface area contributed by atoms with Crippen LogP contribution in [0.1, 0.15) is 36.9 Å². The molecule has 0 spiro atoms. The highest BCUT2D eigenvalue weighted by molar-refractivity contribution is 5.81. The van der Waals surface area contributed by atoms with E-state index in [2.05, 4.69) is 5.32 Å². The number of amides is 2. The van der Waals surface area contributed by atoms with Crippen molar-refractivity contribution in [3.8, 4) is 0 Å². The van der Waals surface area contributed by atoms with E-state index in [0.29, 0.717) is 32.5 Å². The summed E-state index contributed by atoms with van der Waals surface area (Å²) in [6.07, 6.45) is 1.39. The monoisotopic (exact) mass is 379 g/mol. The minimum Gasteiger partial charge on any atom is -0.352 e. The zero-order valence-corrected chi connectivity index (χ0v) is 16.4. The fraction of sp³-hybridized carbons (Fsp3) is 0.391. The number of nitrogens with one attached hydrogen (secondary N) is 1. The second-order valence-electron chi connectivity index (χ2n) is 7.53. The number of hydrogen-bond acceptors (Lipinski definition) is 3. The molecule has 3 rings (SSSR count). The quantitative estimate of drug-likeness (QED) is 0.810. The van der Waals surface area contributed by atoms with Gasteiger partial charge in [0.25, 0.3) is 0 Å². The van der Waals surface area contributed by atoms with Gasteiger partial charge >= 0.3 is 0 Å². The van der Waals surface area contributed by atoms with E-state index in [4.69, 9.17) is 5.73 Å². The average Bonchev–Trinajstić information content (AvgIpc) is 2.77. The van der Waals surface area contributed by atoms with Crippen LogP contribution in [0.4, 0.5) is 0 Å². The third-order valence-corrected chi connectivity index (χ3v) is 5.60. The molecule has 5 heteroatoms. The van der Waals surface area contributed by atoms with Gasteiger partial charge in [0.05, 0.1) is 5.92 Å². The molecule has 2 aromatic rings. The van der Waals surface area contributed by atoms with Gasteiger partial charge in [0.15, 0.2) is 0 Å². The molecule has 0 saturated carbocycles. The molecule has 1 fully saturated rings. The van der Waals surface area contributed by atoms with Crippen LogP contribution < -0.4 is 11.1 Å². The summed E-state index contributed by atoms with van der Waals surface area (Å²) in [7, 11) is 0. The molecule has 2 amide bonds. The van der Waals surface area contributed by atoms with Crippen molar-refractivity contribution in [1.82, 2.24) is 10.2 Å². The number of carbonyl (C=O) groups is 2. The van der Waals surface area contributed by atoms with Crippen LogP contribution in [-0.2, 0) is 16.1 Å². The Morgan fingerprint density at radius 2 is 1.61 bits per heavy atom. The first kappa shape index (κ1) is 20.1. The molecule has 2 unspecified atom stereocenters. The van der Waals surface area contributed by atoms with Crippen molar-refractivity contribution in [2.75, 3.05) is 13.1 Å². The minimum atomic E-state index is -0.319. The summed E-state index contributed by atoms with van der Waals surface area (Å²) in [6.45, 7) is 3.64. The first-order valence-corrected chi connectivity index (χ1v) is 9.97. The SMILES string of the molecule is CC(C(=O)N1CCC(C(=O)NCc2ccccc2)CC1)C(N)c1ccccc1. The fourth-order valence-corrected chi connectivity index (χ4v) is 3.70. The molecule has 1 aliphatic rings. The van der Waals surface area contributed by atoms with E-state index >= 15 is 0 Å². The summed E-state index contributed by atoms with van der Waals surface area (Å²) in [6, 6.07) is 19.3. The van der Waals surface area contributed by atoms with Crippen LogP contribution in [0.3, 0.4) is 0 Å². The second kappa shape index (κ2) is 9.51. The van der Waals surface area contributed by atoms with Gasteiger partial charge in [-0.3, -0.25) is 9.59 Å². The molecular formula is C23H29N3O2. The van der Waals surface area contributed by atoms with Crippen molar-refractivity contribution < 1.29 is 9.59 Å². The highest BCUT2D eigenvalue weighted by atomic mass is 16.2. The van der Waals surface area contributed by atoms with Crippen LogP contribution in [0.15, 0.2) is 60.7 Å². The molecule has 1 heterocycles. The van der Waals surface area contributed by atoms with Gasteiger partial charge in [0.2, 0.25) is 11.8 Å². The number of rotatable bonds is 6. The summed E-state index contributed by atoms with van der Waals surface area (Å²) in [4.78, 5) is 27.1. The Hall–Kier alpha value is -2.66. The Kier molecular flexibility index (Phi) is 6.82. The number of hydrogen-bond donors (Lipinski definition) is 2. The highest BCUT2D eigenvalue weighted by Crippen LogP contribution is 2.24. The predicted molar refractivity (Wildman–Crippen MR) is 110 cm³/mol. The second-order valence-corrected chi connectivity index (χ2v) is 7.53. The molecule has 28 heavy (non-hydrogen) atoms. The summed E-state index contributed by atoms with van der Waals surface area (Å²) < 4.78 is 0. The van der Waals surface area contributed by atoms with Crippen LogP contribution in [0.25, 0.3) is 0 Å². The van der Waals surface area contributed by atoms with Crippen LogP contribution in [0.2, 0.25) is 0 Å². The zero-order valence-electron chi connectivity index (χ0n) is 16.4. The van der Waals surface area contributed by atoms with Crippen molar-refractivity contribution in [3.05, 3.63) is 71.8 Å². The van der Waals surface area contributed by atoms with Gasteiger partial charge in [0, 0.05) is 31.6 Å². The summed E-state index contributed by atoms with van der Waals surface area (Å²) in [5, 5.41) is 3.01. The number of piperidine rings is 1. The van der Waals surface area contributed by atoms with E-state index in [9.17, 15) is 9.59 Å². The predicted octanol–water partition coefficient (Wildman–Crippen LogP) is 2.88. The van der Waals surface area contributed by atoms with E-state index < -0.39 is 0 Å². The molecule has 2 aromatic carbocycles. The maximum atomic E-state index is 12.8. The lowest BCUT2D eigenvalue weighted by atomic mass is 9.91. The maximum absolute atomic E-state index is 12.8. The van der Waals surface area contributed by atoms with E-state index in [1.54, 1.807) is 0 Å². The zero-order chi connectivity index (χ0) is 19.9. The van der Waals surface area contributed by atoms with Crippen molar-refractivity contribution in [1.29, 1.82) is 0 Å². The van der Waals surface area contributed by atoms with Crippen molar-refractivity contribution >= 4 is 11.8 Å². The molecule has 0 aliphatic carbocycles. The highest BCUT2D eigenvalue weighted by Gasteiger charge is 2.31. The van der Waals surface area contributed by atoms with Gasteiger partial charge in [-0.1, -0.05) is 67.6 Å². The Morgan fingerprint density at radius 3 is 2.21 bits per heavy atom. The topological polar surface area (TPSA) is 75.4 Å². The molecular weight excluding hydrogens is 350 g/mol. The Labute approximate surface area is 166 Å². The van der Waals surface area contributed by atoms with E-state index in [1.165, 1.54) is 0 Å². The van der Waals surface area contributed by atoms with Gasteiger partial charge in [0.1, 0.15) is 0 Å². The molecule has 5 nitrogen and oxygen atoms in total. The normalized spacial score (nSPS) is 17.0. The van der Waals surface area contributed by atoms with Crippen LogP contribution in [-0.4, -0.2) is 29.8 Å². The Morgan fingerprint density at radius 1 is 1.04 bits per heavy atom. The standard InChI is InChI=1S/C23H29N3O2/c1-17(21(24)19-10-6-3-7-11-19)23(28)26-14-12-20(13-15-26)22(27)25-16-18-8-4-2-5-9-18/h2-11,17,20-21H,12-16,24H2,1H3,(H,25,27). The molecule has 0 radical (unpaired) electrons. The largest absolute Gasteiger partial charge is 0.352 e. The number of benzene rings is 2. The van der Waals surface area contributed by atoms with Crippen molar-refractivity contribution in [3.63, 3.8) is 0 Å². The minimum absolute atomic E-state index is 0.0362. The van der Waals surface area contributed by atoms with E-state index in [1.807, 2.05) is 72.5 Å². The molecule has 3 N–H and O–H groups in total. The van der Waals surface area contributed by atoms with Gasteiger partial charge < -0.3 is 16.0 Å². The number of likely N-dealkylation sites (tertiary alicyclic amines) is 1. The van der Waals surface area contributed by atoms with Crippen molar-refractivity contribution in [2.24, 2.45) is 17.6 Å². The number of nitrogens with zero attached hydrogens (tertiary/aromatic N) is 1. The lowest BCUT2D eigenvalue weighted by Crippen LogP contribution is -2.46. The average molecular weight is 380 g/mol. The molecule has 0 aromatic heterocycles. The number of carbonyl (C=O) groups excluding carboxylic acids is 2. The lowest BCUT2D eigenvalue weighted by molar-refractivity contribution is -0.139. The van der Waals surface area contributed by atoms with Gasteiger partial charge in [-0.2, -0.15) is 0 Å². The molecule has 0 bridgehead atoms. The molecule has 148 valence electrons. The summed E-state index contributed by atoms with van der Waals surface area (Å²) >= 11 is 0. The van der Waals surface area contributed by atoms with Gasteiger partial charge in [-0.05, 0) is 24.0 Å². The number of nitrogens with two attached hydrogens (primary N) is 1. The Balaban J connectivity index is 1.47.